The fourth-order valence-corrected chi connectivity index (χ4v) is 5.16. The van der Waals surface area contributed by atoms with Crippen LogP contribution in [0.1, 0.15) is 22.3 Å². The van der Waals surface area contributed by atoms with Gasteiger partial charge in [-0.3, -0.25) is 14.5 Å². The predicted octanol–water partition coefficient (Wildman–Crippen LogP) is 7.54. The third-order valence-electron chi connectivity index (χ3n) is 5.78. The minimum atomic E-state index is -0.309. The van der Waals surface area contributed by atoms with Gasteiger partial charge in [0.1, 0.15) is 0 Å². The average molecular weight is 507 g/mol. The number of amides is 2. The van der Waals surface area contributed by atoms with Crippen molar-refractivity contribution in [3.05, 3.63) is 110 Å². The number of hydrogen-bond donors (Lipinski definition) is 0. The van der Waals surface area contributed by atoms with E-state index in [-0.39, 0.29) is 17.7 Å². The zero-order valence-electron chi connectivity index (χ0n) is 18.3. The lowest BCUT2D eigenvalue weighted by atomic mass is 10.1. The zero-order valence-corrected chi connectivity index (χ0v) is 20.6. The number of halogens is 2. The number of aromatic nitrogens is 1. The van der Waals surface area contributed by atoms with Crippen LogP contribution in [0.25, 0.3) is 17.0 Å². The molecule has 0 bridgehead atoms. The van der Waals surface area contributed by atoms with Gasteiger partial charge in [0.05, 0.1) is 21.5 Å². The molecule has 1 aliphatic heterocycles. The van der Waals surface area contributed by atoms with E-state index in [1.165, 1.54) is 16.0 Å². The number of para-hydroxylation sites is 1. The third-order valence-corrected chi connectivity index (χ3v) is 7.42. The van der Waals surface area contributed by atoms with Gasteiger partial charge >= 0.3 is 0 Å². The summed E-state index contributed by atoms with van der Waals surface area (Å²) in [6.07, 6.45) is 3.85. The highest BCUT2D eigenvalue weighted by atomic mass is 35.5. The summed E-state index contributed by atoms with van der Waals surface area (Å²) in [5, 5.41) is 1.56. The molecule has 1 aromatic heterocycles. The van der Waals surface area contributed by atoms with E-state index in [4.69, 9.17) is 23.2 Å². The lowest BCUT2D eigenvalue weighted by Crippen LogP contribution is -2.27. The molecule has 1 fully saturated rings. The molecule has 2 amide bonds. The van der Waals surface area contributed by atoms with Gasteiger partial charge < -0.3 is 4.57 Å². The van der Waals surface area contributed by atoms with Crippen LogP contribution in [0.15, 0.2) is 77.8 Å². The molecular formula is C27H20Cl2N2O2S. The van der Waals surface area contributed by atoms with Crippen molar-refractivity contribution < 1.29 is 9.59 Å². The van der Waals surface area contributed by atoms with Crippen LogP contribution in [0.5, 0.6) is 0 Å². The summed E-state index contributed by atoms with van der Waals surface area (Å²) < 4.78 is 2.17. The molecule has 1 saturated heterocycles. The van der Waals surface area contributed by atoms with Crippen LogP contribution in [-0.4, -0.2) is 20.6 Å². The minimum Gasteiger partial charge on any atom is -0.342 e. The van der Waals surface area contributed by atoms with Gasteiger partial charge in [-0.25, -0.2) is 0 Å². The van der Waals surface area contributed by atoms with E-state index >= 15 is 0 Å². The van der Waals surface area contributed by atoms with Crippen molar-refractivity contribution in [3.8, 4) is 0 Å². The second-order valence-corrected chi connectivity index (χ2v) is 10.0. The fraction of sp³-hybridized carbons (Fsp3) is 0.111. The summed E-state index contributed by atoms with van der Waals surface area (Å²) >= 11 is 13.0. The molecule has 0 N–H and O–H groups in total. The van der Waals surface area contributed by atoms with Gasteiger partial charge in [-0.15, -0.1) is 0 Å². The number of rotatable bonds is 5. The Balaban J connectivity index is 1.44. The smallest absolute Gasteiger partial charge is 0.293 e. The van der Waals surface area contributed by atoms with Crippen LogP contribution in [0.3, 0.4) is 0 Å². The van der Waals surface area contributed by atoms with Gasteiger partial charge in [-0.2, -0.15) is 0 Å². The molecule has 0 aliphatic carbocycles. The largest absolute Gasteiger partial charge is 0.342 e. The first-order chi connectivity index (χ1) is 16.4. The van der Waals surface area contributed by atoms with E-state index in [2.05, 4.69) is 41.8 Å². The molecule has 7 heteroatoms. The number of carbonyl (C=O) groups is 2. The molecule has 0 saturated carbocycles. The maximum atomic E-state index is 13.1. The second-order valence-electron chi connectivity index (χ2n) is 8.23. The van der Waals surface area contributed by atoms with Gasteiger partial charge in [0.15, 0.2) is 0 Å². The van der Waals surface area contributed by atoms with Crippen molar-refractivity contribution >= 4 is 63.1 Å². The van der Waals surface area contributed by atoms with Crippen LogP contribution >= 0.6 is 35.0 Å². The number of hydrogen-bond acceptors (Lipinski definition) is 3. The summed E-state index contributed by atoms with van der Waals surface area (Å²) in [5.74, 6) is -0.309. The Hall–Kier alpha value is -2.99. The van der Waals surface area contributed by atoms with Crippen molar-refractivity contribution in [1.82, 2.24) is 9.47 Å². The topological polar surface area (TPSA) is 42.3 Å². The van der Waals surface area contributed by atoms with E-state index < -0.39 is 0 Å². The van der Waals surface area contributed by atoms with E-state index in [9.17, 15) is 9.59 Å². The first-order valence-corrected chi connectivity index (χ1v) is 12.3. The van der Waals surface area contributed by atoms with Crippen molar-refractivity contribution in [2.24, 2.45) is 0 Å². The van der Waals surface area contributed by atoms with Crippen molar-refractivity contribution in [2.45, 2.75) is 20.0 Å². The summed E-state index contributed by atoms with van der Waals surface area (Å²) in [6, 6.07) is 21.6. The summed E-state index contributed by atoms with van der Waals surface area (Å²) in [7, 11) is 0. The highest BCUT2D eigenvalue weighted by Gasteiger charge is 2.35. The van der Waals surface area contributed by atoms with E-state index in [1.54, 1.807) is 18.2 Å². The summed E-state index contributed by atoms with van der Waals surface area (Å²) in [4.78, 5) is 27.4. The number of aryl methyl sites for hydroxylation is 1. The third kappa shape index (κ3) is 4.51. The van der Waals surface area contributed by atoms with Crippen LogP contribution in [0.4, 0.5) is 4.79 Å². The molecule has 0 radical (unpaired) electrons. The van der Waals surface area contributed by atoms with Gasteiger partial charge in [0.25, 0.3) is 11.1 Å². The maximum Gasteiger partial charge on any atom is 0.293 e. The highest BCUT2D eigenvalue weighted by Crippen LogP contribution is 2.35. The molecule has 2 heterocycles. The van der Waals surface area contributed by atoms with Crippen molar-refractivity contribution in [2.75, 3.05) is 0 Å². The highest BCUT2D eigenvalue weighted by molar-refractivity contribution is 8.18. The zero-order chi connectivity index (χ0) is 23.8. The molecule has 0 unspecified atom stereocenters. The van der Waals surface area contributed by atoms with Crippen LogP contribution in [0.2, 0.25) is 10.0 Å². The lowest BCUT2D eigenvalue weighted by molar-refractivity contribution is -0.123. The molecule has 0 spiro atoms. The number of carbonyl (C=O) groups excluding carboxylic acids is 2. The minimum absolute atomic E-state index is 0.147. The van der Waals surface area contributed by atoms with Crippen LogP contribution in [0, 0.1) is 6.92 Å². The maximum absolute atomic E-state index is 13.1. The Morgan fingerprint density at radius 3 is 2.38 bits per heavy atom. The van der Waals surface area contributed by atoms with E-state index in [0.717, 1.165) is 33.8 Å². The monoisotopic (exact) mass is 506 g/mol. The molecule has 4 aromatic rings. The quantitative estimate of drug-likeness (QED) is 0.262. The number of thioether (sulfide) groups is 1. The number of benzene rings is 3. The van der Waals surface area contributed by atoms with Gasteiger partial charge in [0.2, 0.25) is 0 Å². The molecule has 4 nitrogen and oxygen atoms in total. The number of imide groups is 1. The molecular weight excluding hydrogens is 487 g/mol. The van der Waals surface area contributed by atoms with Crippen LogP contribution < -0.4 is 0 Å². The summed E-state index contributed by atoms with van der Waals surface area (Å²) in [5.41, 5.74) is 5.14. The number of fused-ring (bicyclic) bond motifs is 1. The molecule has 34 heavy (non-hydrogen) atoms. The molecule has 3 aromatic carbocycles. The predicted molar refractivity (Wildman–Crippen MR) is 140 cm³/mol. The molecule has 170 valence electrons. The number of nitrogens with zero attached hydrogens (tertiary/aromatic N) is 2. The van der Waals surface area contributed by atoms with E-state index in [1.807, 2.05) is 30.5 Å². The Kier molecular flexibility index (Phi) is 6.26. The SMILES string of the molecule is Cc1ccc(Cn2cc(/C=C3/SC(=O)N(Cc4ccc(Cl)c(Cl)c4)C3=O)c3ccccc32)cc1. The van der Waals surface area contributed by atoms with E-state index in [0.29, 0.717) is 21.5 Å². The van der Waals surface area contributed by atoms with Gasteiger partial charge in [-0.05, 0) is 54.1 Å². The Labute approximate surface area is 211 Å². The van der Waals surface area contributed by atoms with Crippen LogP contribution in [-0.2, 0) is 17.9 Å². The Morgan fingerprint density at radius 2 is 1.62 bits per heavy atom. The van der Waals surface area contributed by atoms with Gasteiger partial charge in [-0.1, -0.05) is 77.3 Å². The second kappa shape index (κ2) is 9.34. The van der Waals surface area contributed by atoms with Gasteiger partial charge in [0, 0.05) is 29.2 Å². The van der Waals surface area contributed by atoms with Crippen molar-refractivity contribution in [1.29, 1.82) is 0 Å². The average Bonchev–Trinajstić information content (AvgIpc) is 3.30. The normalized spacial score (nSPS) is 15.1. The Morgan fingerprint density at radius 1 is 0.882 bits per heavy atom. The first-order valence-electron chi connectivity index (χ1n) is 10.7. The molecule has 5 rings (SSSR count). The fourth-order valence-electron chi connectivity index (χ4n) is 4.01. The Bertz CT molecular complexity index is 1460. The van der Waals surface area contributed by atoms with Crippen molar-refractivity contribution in [3.63, 3.8) is 0 Å². The lowest BCUT2D eigenvalue weighted by Gasteiger charge is -2.12. The molecule has 1 aliphatic rings. The summed E-state index contributed by atoms with van der Waals surface area (Å²) in [6.45, 7) is 2.93. The first kappa shape index (κ1) is 22.8. The molecule has 0 atom stereocenters. The standard InChI is InChI=1S/C27H20Cl2N2O2S/c1-17-6-8-18(9-7-17)14-30-16-20(21-4-2-3-5-24(21)30)13-25-26(32)31(27(33)34-25)15-19-10-11-22(28)23(29)12-19/h2-13,16H,14-15H2,1H3/b25-13+.